The number of anilines is 2. The second-order valence-electron chi connectivity index (χ2n) is 6.62. The van der Waals surface area contributed by atoms with Gasteiger partial charge in [0, 0.05) is 50.0 Å². The number of halogens is 2. The van der Waals surface area contributed by atoms with Crippen LogP contribution in [-0.2, 0) is 0 Å². The summed E-state index contributed by atoms with van der Waals surface area (Å²) in [5, 5.41) is 8.11. The highest BCUT2D eigenvalue weighted by Gasteiger charge is 2.17. The first-order valence-electron chi connectivity index (χ1n) is 9.06. The van der Waals surface area contributed by atoms with Crippen molar-refractivity contribution in [2.24, 2.45) is 0 Å². The van der Waals surface area contributed by atoms with Gasteiger partial charge in [-0.2, -0.15) is 0 Å². The summed E-state index contributed by atoms with van der Waals surface area (Å²) in [5.74, 6) is 0. The van der Waals surface area contributed by atoms with Gasteiger partial charge in [-0.25, -0.2) is 0 Å². The Morgan fingerprint density at radius 2 is 1.81 bits per heavy atom. The van der Waals surface area contributed by atoms with Crippen LogP contribution in [0.4, 0.5) is 11.4 Å². The summed E-state index contributed by atoms with van der Waals surface area (Å²) in [6.07, 6.45) is 0. The van der Waals surface area contributed by atoms with Crippen LogP contribution in [-0.4, -0.2) is 49.3 Å². The number of rotatable bonds is 5. The number of hydrogen-bond acceptors (Lipinski definition) is 3. The standard InChI is InChI=1S/C20H24Cl2N4S/c1-15-4-2-3-5-19(15)26-12-10-25(11-13-26)9-8-23-20(27)24-18-14-16(21)6-7-17(18)22/h2-7,14H,8-13H2,1H3,(H2,23,24,27). The molecule has 7 heteroatoms. The molecule has 0 spiro atoms. The molecule has 0 saturated carbocycles. The summed E-state index contributed by atoms with van der Waals surface area (Å²) in [7, 11) is 0. The average Bonchev–Trinajstić information content (AvgIpc) is 2.66. The van der Waals surface area contributed by atoms with Crippen LogP contribution in [0.3, 0.4) is 0 Å². The molecular formula is C20H24Cl2N4S. The van der Waals surface area contributed by atoms with Crippen molar-refractivity contribution in [3.8, 4) is 0 Å². The summed E-state index contributed by atoms with van der Waals surface area (Å²) in [4.78, 5) is 4.92. The first-order chi connectivity index (χ1) is 13.0. The smallest absolute Gasteiger partial charge is 0.170 e. The second kappa shape index (κ2) is 9.60. The normalized spacial score (nSPS) is 14.9. The van der Waals surface area contributed by atoms with E-state index in [-0.39, 0.29) is 0 Å². The van der Waals surface area contributed by atoms with Crippen LogP contribution < -0.4 is 15.5 Å². The molecule has 3 rings (SSSR count). The summed E-state index contributed by atoms with van der Waals surface area (Å²) >= 11 is 17.5. The highest BCUT2D eigenvalue weighted by atomic mass is 35.5. The van der Waals surface area contributed by atoms with Gasteiger partial charge < -0.3 is 15.5 Å². The van der Waals surface area contributed by atoms with Crippen molar-refractivity contribution in [1.29, 1.82) is 0 Å². The Morgan fingerprint density at radius 1 is 1.07 bits per heavy atom. The number of aryl methyl sites for hydroxylation is 1. The topological polar surface area (TPSA) is 30.5 Å². The summed E-state index contributed by atoms with van der Waals surface area (Å²) < 4.78 is 0. The number of para-hydroxylation sites is 1. The molecule has 0 aliphatic carbocycles. The van der Waals surface area contributed by atoms with Crippen molar-refractivity contribution in [3.05, 3.63) is 58.1 Å². The van der Waals surface area contributed by atoms with E-state index >= 15 is 0 Å². The first-order valence-corrected chi connectivity index (χ1v) is 10.2. The maximum atomic E-state index is 6.15. The van der Waals surface area contributed by atoms with Gasteiger partial charge in [-0.05, 0) is 49.0 Å². The van der Waals surface area contributed by atoms with Gasteiger partial charge in [0.15, 0.2) is 5.11 Å². The molecule has 144 valence electrons. The highest BCUT2D eigenvalue weighted by Crippen LogP contribution is 2.25. The minimum atomic E-state index is 0.553. The molecule has 0 atom stereocenters. The maximum absolute atomic E-state index is 6.15. The van der Waals surface area contributed by atoms with Gasteiger partial charge in [0.25, 0.3) is 0 Å². The molecule has 2 aromatic rings. The van der Waals surface area contributed by atoms with E-state index in [2.05, 4.69) is 51.6 Å². The van der Waals surface area contributed by atoms with E-state index in [0.29, 0.717) is 20.8 Å². The molecule has 2 N–H and O–H groups in total. The zero-order chi connectivity index (χ0) is 19.2. The molecular weight excluding hydrogens is 399 g/mol. The lowest BCUT2D eigenvalue weighted by molar-refractivity contribution is 0.262. The third-order valence-electron chi connectivity index (χ3n) is 4.72. The first kappa shape index (κ1) is 20.2. The molecule has 1 saturated heterocycles. The highest BCUT2D eigenvalue weighted by molar-refractivity contribution is 7.80. The van der Waals surface area contributed by atoms with Crippen molar-refractivity contribution in [3.63, 3.8) is 0 Å². The third kappa shape index (κ3) is 5.72. The van der Waals surface area contributed by atoms with E-state index in [0.717, 1.165) is 39.3 Å². The molecule has 1 aliphatic heterocycles. The van der Waals surface area contributed by atoms with Crippen LogP contribution in [0.15, 0.2) is 42.5 Å². The van der Waals surface area contributed by atoms with Crippen molar-refractivity contribution >= 4 is 51.9 Å². The lowest BCUT2D eigenvalue weighted by Crippen LogP contribution is -2.48. The predicted molar refractivity (Wildman–Crippen MR) is 121 cm³/mol. The molecule has 2 aromatic carbocycles. The van der Waals surface area contributed by atoms with E-state index in [9.17, 15) is 0 Å². The molecule has 0 amide bonds. The molecule has 0 bridgehead atoms. The maximum Gasteiger partial charge on any atom is 0.170 e. The van der Waals surface area contributed by atoms with Gasteiger partial charge in [-0.15, -0.1) is 0 Å². The van der Waals surface area contributed by atoms with Gasteiger partial charge >= 0.3 is 0 Å². The van der Waals surface area contributed by atoms with Crippen LogP contribution in [0.25, 0.3) is 0 Å². The molecule has 4 nitrogen and oxygen atoms in total. The fourth-order valence-corrected chi connectivity index (χ4v) is 3.77. The summed E-state index contributed by atoms with van der Waals surface area (Å²) in [6.45, 7) is 8.11. The zero-order valence-corrected chi connectivity index (χ0v) is 17.7. The van der Waals surface area contributed by atoms with Crippen LogP contribution in [0.5, 0.6) is 0 Å². The Balaban J connectivity index is 1.40. The molecule has 27 heavy (non-hydrogen) atoms. The largest absolute Gasteiger partial charge is 0.369 e. The quantitative estimate of drug-likeness (QED) is 0.696. The second-order valence-corrected chi connectivity index (χ2v) is 7.87. The third-order valence-corrected chi connectivity index (χ3v) is 5.53. The van der Waals surface area contributed by atoms with Gasteiger partial charge in [-0.3, -0.25) is 4.90 Å². The Hall–Kier alpha value is -1.53. The monoisotopic (exact) mass is 422 g/mol. The molecule has 0 unspecified atom stereocenters. The minimum absolute atomic E-state index is 0.553. The average molecular weight is 423 g/mol. The van der Waals surface area contributed by atoms with Gasteiger partial charge in [0.05, 0.1) is 10.7 Å². The lowest BCUT2D eigenvalue weighted by atomic mass is 10.1. The van der Waals surface area contributed by atoms with E-state index in [1.54, 1.807) is 18.2 Å². The summed E-state index contributed by atoms with van der Waals surface area (Å²) in [5.41, 5.74) is 3.40. The van der Waals surface area contributed by atoms with Crippen LogP contribution in [0.1, 0.15) is 5.56 Å². The van der Waals surface area contributed by atoms with Gasteiger partial charge in [0.1, 0.15) is 0 Å². The summed E-state index contributed by atoms with van der Waals surface area (Å²) in [6, 6.07) is 13.9. The number of nitrogens with one attached hydrogen (secondary N) is 2. The fourth-order valence-electron chi connectivity index (χ4n) is 3.22. The number of nitrogens with zero attached hydrogens (tertiary/aromatic N) is 2. The Kier molecular flexibility index (Phi) is 7.19. The van der Waals surface area contributed by atoms with Crippen molar-refractivity contribution in [2.45, 2.75) is 6.92 Å². The number of thiocarbonyl (C=S) groups is 1. The fraction of sp³-hybridized carbons (Fsp3) is 0.350. The number of benzene rings is 2. The SMILES string of the molecule is Cc1ccccc1N1CCN(CCNC(=S)Nc2cc(Cl)ccc2Cl)CC1. The van der Waals surface area contributed by atoms with Gasteiger partial charge in [0.2, 0.25) is 0 Å². The van der Waals surface area contributed by atoms with Gasteiger partial charge in [-0.1, -0.05) is 41.4 Å². The number of hydrogen-bond donors (Lipinski definition) is 2. The van der Waals surface area contributed by atoms with Crippen LogP contribution >= 0.6 is 35.4 Å². The van der Waals surface area contributed by atoms with Crippen molar-refractivity contribution < 1.29 is 0 Å². The molecule has 1 aliphatic rings. The minimum Gasteiger partial charge on any atom is -0.369 e. The Morgan fingerprint density at radius 3 is 2.56 bits per heavy atom. The van der Waals surface area contributed by atoms with Crippen molar-refractivity contribution in [1.82, 2.24) is 10.2 Å². The van der Waals surface area contributed by atoms with Crippen molar-refractivity contribution in [2.75, 3.05) is 49.5 Å². The Bertz CT molecular complexity index is 791. The van der Waals surface area contributed by atoms with E-state index in [1.165, 1.54) is 11.3 Å². The predicted octanol–water partition coefficient (Wildman–Crippen LogP) is 4.41. The zero-order valence-electron chi connectivity index (χ0n) is 15.3. The van der Waals surface area contributed by atoms with E-state index in [1.807, 2.05) is 0 Å². The number of piperazine rings is 1. The molecule has 0 radical (unpaired) electrons. The molecule has 1 heterocycles. The van der Waals surface area contributed by atoms with E-state index in [4.69, 9.17) is 35.4 Å². The molecule has 0 aromatic heterocycles. The van der Waals surface area contributed by atoms with Crippen LogP contribution in [0.2, 0.25) is 10.0 Å². The van der Waals surface area contributed by atoms with E-state index < -0.39 is 0 Å². The van der Waals surface area contributed by atoms with Crippen LogP contribution in [0, 0.1) is 6.92 Å². The lowest BCUT2D eigenvalue weighted by Gasteiger charge is -2.36. The molecule has 1 fully saturated rings. The Labute approximate surface area is 176 Å².